The quantitative estimate of drug-likeness (QED) is 0.475. The molecule has 0 unspecified atom stereocenters. The highest BCUT2D eigenvalue weighted by Gasteiger charge is 2.15. The first-order chi connectivity index (χ1) is 12.7. The second-order valence-electron chi connectivity index (χ2n) is 5.66. The predicted molar refractivity (Wildman–Crippen MR) is 110 cm³/mol. The molecule has 0 saturated carbocycles. The zero-order chi connectivity index (χ0) is 18.4. The molecule has 0 aliphatic rings. The smallest absolute Gasteiger partial charge is 0.167 e. The van der Waals surface area contributed by atoms with Crippen molar-refractivity contribution in [1.29, 1.82) is 0 Å². The fraction of sp³-hybridized carbons (Fsp3) is 0.143. The molecule has 1 N–H and O–H groups in total. The molecule has 0 amide bonds. The number of ether oxygens (including phenoxy) is 2. The molecule has 3 aromatic rings. The Morgan fingerprint density at radius 2 is 1.69 bits per heavy atom. The summed E-state index contributed by atoms with van der Waals surface area (Å²) in [6, 6.07) is 21.5. The number of para-hydroxylation sites is 1. The summed E-state index contributed by atoms with van der Waals surface area (Å²) in [5.41, 5.74) is 2.96. The fourth-order valence-electron chi connectivity index (χ4n) is 2.58. The molecule has 134 valence electrons. The zero-order valence-corrected chi connectivity index (χ0v) is 16.7. The van der Waals surface area contributed by atoms with Gasteiger partial charge < -0.3 is 14.8 Å². The fourth-order valence-corrected chi connectivity index (χ4v) is 3.22. The van der Waals surface area contributed by atoms with Crippen molar-refractivity contribution in [3.63, 3.8) is 0 Å². The van der Waals surface area contributed by atoms with Crippen LogP contribution in [-0.2, 0) is 13.2 Å². The summed E-state index contributed by atoms with van der Waals surface area (Å²) < 4.78 is 12.6. The summed E-state index contributed by atoms with van der Waals surface area (Å²) in [6.45, 7) is 0.963. The van der Waals surface area contributed by atoms with E-state index in [1.54, 1.807) is 7.11 Å². The van der Waals surface area contributed by atoms with Crippen LogP contribution in [0.4, 0.5) is 5.69 Å². The second-order valence-corrected chi connectivity index (χ2v) is 6.92. The van der Waals surface area contributed by atoms with Gasteiger partial charge in [-0.15, -0.1) is 0 Å². The van der Waals surface area contributed by atoms with Crippen molar-refractivity contribution in [2.24, 2.45) is 0 Å². The van der Waals surface area contributed by atoms with Gasteiger partial charge in [0.1, 0.15) is 6.61 Å². The van der Waals surface area contributed by atoms with Gasteiger partial charge in [0.05, 0.1) is 7.11 Å². The maximum atomic E-state index is 6.24. The standard InChI is InChI=1S/C21H19BrClNO2/c1-25-20-12-11-18(22)17(13-24-16-8-3-2-4-9-16)21(20)26-14-15-7-5-6-10-19(15)23/h2-12,24H,13-14H2,1H3. The Morgan fingerprint density at radius 3 is 2.42 bits per heavy atom. The predicted octanol–water partition coefficient (Wildman–Crippen LogP) is 6.30. The molecule has 0 bridgehead atoms. The lowest BCUT2D eigenvalue weighted by molar-refractivity contribution is 0.281. The lowest BCUT2D eigenvalue weighted by Gasteiger charge is -2.18. The maximum absolute atomic E-state index is 6.24. The topological polar surface area (TPSA) is 30.5 Å². The molecule has 0 atom stereocenters. The summed E-state index contributed by atoms with van der Waals surface area (Å²) >= 11 is 9.87. The minimum Gasteiger partial charge on any atom is -0.493 e. The van der Waals surface area contributed by atoms with Crippen LogP contribution in [0.15, 0.2) is 71.2 Å². The van der Waals surface area contributed by atoms with Gasteiger partial charge in [-0.3, -0.25) is 0 Å². The van der Waals surface area contributed by atoms with Gasteiger partial charge in [0.2, 0.25) is 0 Å². The van der Waals surface area contributed by atoms with Crippen molar-refractivity contribution in [2.45, 2.75) is 13.2 Å². The van der Waals surface area contributed by atoms with Gasteiger partial charge in [0.25, 0.3) is 0 Å². The highest BCUT2D eigenvalue weighted by molar-refractivity contribution is 9.10. The summed E-state index contributed by atoms with van der Waals surface area (Å²) in [4.78, 5) is 0. The van der Waals surface area contributed by atoms with Gasteiger partial charge in [-0.05, 0) is 30.3 Å². The minimum absolute atomic E-state index is 0.366. The second kappa shape index (κ2) is 8.97. The summed E-state index contributed by atoms with van der Waals surface area (Å²) in [7, 11) is 1.64. The van der Waals surface area contributed by atoms with Crippen LogP contribution in [0.5, 0.6) is 11.5 Å². The average Bonchev–Trinajstić information content (AvgIpc) is 2.67. The third kappa shape index (κ3) is 4.51. The van der Waals surface area contributed by atoms with Crippen LogP contribution in [-0.4, -0.2) is 7.11 Å². The summed E-state index contributed by atoms with van der Waals surface area (Å²) in [5.74, 6) is 1.38. The van der Waals surface area contributed by atoms with E-state index in [1.165, 1.54) is 0 Å². The van der Waals surface area contributed by atoms with E-state index in [2.05, 4.69) is 21.2 Å². The number of benzene rings is 3. The number of methoxy groups -OCH3 is 1. The van der Waals surface area contributed by atoms with E-state index < -0.39 is 0 Å². The Hall–Kier alpha value is -2.17. The van der Waals surface area contributed by atoms with Crippen molar-refractivity contribution in [2.75, 3.05) is 12.4 Å². The Morgan fingerprint density at radius 1 is 0.962 bits per heavy atom. The first-order valence-electron chi connectivity index (χ1n) is 8.19. The van der Waals surface area contributed by atoms with E-state index in [0.29, 0.717) is 29.7 Å². The third-order valence-electron chi connectivity index (χ3n) is 3.96. The van der Waals surface area contributed by atoms with Gasteiger partial charge in [-0.1, -0.05) is 63.9 Å². The molecule has 0 fully saturated rings. The summed E-state index contributed by atoms with van der Waals surface area (Å²) in [6.07, 6.45) is 0. The summed E-state index contributed by atoms with van der Waals surface area (Å²) in [5, 5.41) is 4.10. The van der Waals surface area contributed by atoms with E-state index >= 15 is 0 Å². The average molecular weight is 433 g/mol. The molecular weight excluding hydrogens is 414 g/mol. The highest BCUT2D eigenvalue weighted by Crippen LogP contribution is 2.37. The number of anilines is 1. The van der Waals surface area contributed by atoms with Gasteiger partial charge in [-0.25, -0.2) is 0 Å². The molecular formula is C21H19BrClNO2. The van der Waals surface area contributed by atoms with Gasteiger partial charge in [0, 0.05) is 32.9 Å². The van der Waals surface area contributed by atoms with Crippen LogP contribution in [0, 0.1) is 0 Å². The van der Waals surface area contributed by atoms with Crippen molar-refractivity contribution in [3.8, 4) is 11.5 Å². The van der Waals surface area contributed by atoms with Gasteiger partial charge in [0.15, 0.2) is 11.5 Å². The molecule has 0 spiro atoms. The highest BCUT2D eigenvalue weighted by atomic mass is 79.9. The first-order valence-corrected chi connectivity index (χ1v) is 9.36. The minimum atomic E-state index is 0.366. The Labute approximate surface area is 167 Å². The molecule has 0 aliphatic carbocycles. The Kier molecular flexibility index (Phi) is 6.42. The van der Waals surface area contributed by atoms with Crippen LogP contribution in [0.3, 0.4) is 0 Å². The van der Waals surface area contributed by atoms with E-state index in [0.717, 1.165) is 21.3 Å². The molecule has 0 radical (unpaired) electrons. The van der Waals surface area contributed by atoms with Crippen LogP contribution in [0.25, 0.3) is 0 Å². The number of rotatable bonds is 7. The molecule has 0 saturated heterocycles. The lowest BCUT2D eigenvalue weighted by atomic mass is 10.1. The van der Waals surface area contributed by atoms with E-state index in [4.69, 9.17) is 21.1 Å². The van der Waals surface area contributed by atoms with Gasteiger partial charge >= 0.3 is 0 Å². The zero-order valence-electron chi connectivity index (χ0n) is 14.3. The number of nitrogens with one attached hydrogen (secondary N) is 1. The van der Waals surface area contributed by atoms with Gasteiger partial charge in [-0.2, -0.15) is 0 Å². The van der Waals surface area contributed by atoms with E-state index in [-0.39, 0.29) is 0 Å². The SMILES string of the molecule is COc1ccc(Br)c(CNc2ccccc2)c1OCc1ccccc1Cl. The van der Waals surface area contributed by atoms with Crippen LogP contribution >= 0.6 is 27.5 Å². The maximum Gasteiger partial charge on any atom is 0.167 e. The van der Waals surface area contributed by atoms with Crippen molar-refractivity contribution in [1.82, 2.24) is 0 Å². The van der Waals surface area contributed by atoms with Crippen LogP contribution < -0.4 is 14.8 Å². The molecule has 3 nitrogen and oxygen atoms in total. The third-order valence-corrected chi connectivity index (χ3v) is 5.07. The molecule has 5 heteroatoms. The first kappa shape index (κ1) is 18.6. The molecule has 0 aromatic heterocycles. The molecule has 3 rings (SSSR count). The normalized spacial score (nSPS) is 10.4. The molecule has 3 aromatic carbocycles. The van der Waals surface area contributed by atoms with E-state index in [1.807, 2.05) is 66.7 Å². The van der Waals surface area contributed by atoms with Crippen molar-refractivity contribution in [3.05, 3.63) is 87.4 Å². The number of halogens is 2. The van der Waals surface area contributed by atoms with Crippen LogP contribution in [0.1, 0.15) is 11.1 Å². The monoisotopic (exact) mass is 431 g/mol. The molecule has 26 heavy (non-hydrogen) atoms. The van der Waals surface area contributed by atoms with Crippen molar-refractivity contribution < 1.29 is 9.47 Å². The van der Waals surface area contributed by atoms with Crippen molar-refractivity contribution >= 4 is 33.2 Å². The van der Waals surface area contributed by atoms with E-state index in [9.17, 15) is 0 Å². The molecule has 0 aliphatic heterocycles. The molecule has 0 heterocycles. The largest absolute Gasteiger partial charge is 0.493 e. The number of hydrogen-bond acceptors (Lipinski definition) is 3. The number of hydrogen-bond donors (Lipinski definition) is 1. The Balaban J connectivity index is 1.84. The lowest BCUT2D eigenvalue weighted by Crippen LogP contribution is -2.06. The Bertz CT molecular complexity index is 871. The van der Waals surface area contributed by atoms with Crippen LogP contribution in [0.2, 0.25) is 5.02 Å².